The van der Waals surface area contributed by atoms with Crippen molar-refractivity contribution in [3.8, 4) is 22.6 Å². The Hall–Kier alpha value is -2.87. The molecule has 11 heteroatoms. The fraction of sp³-hybridized carbons (Fsp3) is 0.641. The van der Waals surface area contributed by atoms with E-state index in [2.05, 4.69) is 70.8 Å². The van der Waals surface area contributed by atoms with Crippen molar-refractivity contribution in [3.05, 3.63) is 47.2 Å². The molecule has 0 aliphatic heterocycles. The summed E-state index contributed by atoms with van der Waals surface area (Å²) < 4.78 is 15.2. The molecule has 3 fully saturated rings. The van der Waals surface area contributed by atoms with E-state index < -0.39 is 16.1 Å². The summed E-state index contributed by atoms with van der Waals surface area (Å²) in [6.07, 6.45) is 13.0. The van der Waals surface area contributed by atoms with Crippen molar-refractivity contribution in [1.29, 1.82) is 0 Å². The van der Waals surface area contributed by atoms with Gasteiger partial charge in [-0.1, -0.05) is 58.2 Å². The van der Waals surface area contributed by atoms with Crippen LogP contribution in [0.5, 0.6) is 0 Å². The number of hydrogen-bond acceptors (Lipinski definition) is 7. The van der Waals surface area contributed by atoms with Crippen LogP contribution in [0.1, 0.15) is 79.4 Å². The first-order valence-corrected chi connectivity index (χ1v) is 26.6. The third-order valence-electron chi connectivity index (χ3n) is 11.2. The lowest BCUT2D eigenvalue weighted by atomic mass is 9.78. The van der Waals surface area contributed by atoms with Crippen molar-refractivity contribution in [3.63, 3.8) is 0 Å². The SMILES string of the molecule is Cc1nc(-c2ccc(-c3cnn4c(N(COCC[Si](C)(C)C)COCC[Si](C)(C)C)c(C5CC5)c(C5CC6CC[C@@H](C6)C5)nc34)cn2)[nH]c1C. The molecule has 3 atom stereocenters. The van der Waals surface area contributed by atoms with Gasteiger partial charge in [0.2, 0.25) is 0 Å². The van der Waals surface area contributed by atoms with E-state index in [1.165, 1.54) is 56.2 Å². The van der Waals surface area contributed by atoms with Gasteiger partial charge in [-0.05, 0) is 81.9 Å². The Morgan fingerprint density at radius 1 is 0.820 bits per heavy atom. The molecule has 2 bridgehead atoms. The number of aromatic nitrogens is 6. The molecule has 0 spiro atoms. The number of aromatic amines is 1. The molecule has 270 valence electrons. The third kappa shape index (κ3) is 8.11. The van der Waals surface area contributed by atoms with Crippen LogP contribution < -0.4 is 4.90 Å². The lowest BCUT2D eigenvalue weighted by Gasteiger charge is -2.33. The molecule has 4 aromatic heterocycles. The van der Waals surface area contributed by atoms with Gasteiger partial charge in [-0.2, -0.15) is 9.61 Å². The summed E-state index contributed by atoms with van der Waals surface area (Å²) in [4.78, 5) is 20.9. The van der Waals surface area contributed by atoms with E-state index in [0.29, 0.717) is 25.3 Å². The molecular weight excluding hydrogens is 655 g/mol. The molecular formula is C39H59N7O2Si2. The number of imidazole rings is 1. The van der Waals surface area contributed by atoms with Crippen LogP contribution in [0.15, 0.2) is 24.5 Å². The average molecular weight is 714 g/mol. The lowest BCUT2D eigenvalue weighted by Crippen LogP contribution is -2.34. The number of nitrogens with one attached hydrogen (secondary N) is 1. The number of anilines is 1. The molecule has 0 radical (unpaired) electrons. The highest BCUT2D eigenvalue weighted by Gasteiger charge is 2.41. The normalized spacial score (nSPS) is 21.0. The number of H-pyrrole nitrogens is 1. The summed E-state index contributed by atoms with van der Waals surface area (Å²) in [5, 5.41) is 5.11. The van der Waals surface area contributed by atoms with Gasteiger partial charge in [0, 0.05) is 63.9 Å². The zero-order valence-corrected chi connectivity index (χ0v) is 33.8. The van der Waals surface area contributed by atoms with Crippen molar-refractivity contribution in [2.24, 2.45) is 11.8 Å². The maximum Gasteiger partial charge on any atom is 0.165 e. The van der Waals surface area contributed by atoms with Gasteiger partial charge in [0.05, 0.1) is 17.6 Å². The number of fused-ring (bicyclic) bond motifs is 3. The second-order valence-electron chi connectivity index (χ2n) is 18.0. The second kappa shape index (κ2) is 14.3. The van der Waals surface area contributed by atoms with Gasteiger partial charge >= 0.3 is 0 Å². The number of nitrogens with zero attached hydrogens (tertiary/aromatic N) is 6. The molecule has 50 heavy (non-hydrogen) atoms. The van der Waals surface area contributed by atoms with E-state index in [0.717, 1.165) is 82.6 Å². The van der Waals surface area contributed by atoms with Gasteiger partial charge in [-0.25, -0.2) is 9.97 Å². The van der Waals surface area contributed by atoms with Crippen LogP contribution in [0.4, 0.5) is 5.82 Å². The molecule has 2 unspecified atom stereocenters. The van der Waals surface area contributed by atoms with Crippen LogP contribution in [0.2, 0.25) is 51.4 Å². The number of hydrogen-bond donors (Lipinski definition) is 1. The first-order valence-electron chi connectivity index (χ1n) is 19.1. The Morgan fingerprint density at radius 2 is 1.48 bits per heavy atom. The molecule has 3 saturated carbocycles. The number of pyridine rings is 1. The Kier molecular flexibility index (Phi) is 10.1. The van der Waals surface area contributed by atoms with Gasteiger partial charge in [-0.15, -0.1) is 0 Å². The Morgan fingerprint density at radius 3 is 2.02 bits per heavy atom. The maximum atomic E-state index is 6.52. The molecule has 3 aliphatic rings. The minimum atomic E-state index is -1.23. The molecule has 3 aliphatic carbocycles. The van der Waals surface area contributed by atoms with Crippen molar-refractivity contribution >= 4 is 27.6 Å². The van der Waals surface area contributed by atoms with E-state index in [1.807, 2.05) is 26.2 Å². The van der Waals surface area contributed by atoms with Crippen LogP contribution >= 0.6 is 0 Å². The van der Waals surface area contributed by atoms with Crippen LogP contribution in [0, 0.1) is 25.7 Å². The quantitative estimate of drug-likeness (QED) is 0.0746. The number of ether oxygens (including phenoxy) is 2. The van der Waals surface area contributed by atoms with Crippen LogP contribution in [-0.2, 0) is 9.47 Å². The van der Waals surface area contributed by atoms with Crippen molar-refractivity contribution < 1.29 is 9.47 Å². The van der Waals surface area contributed by atoms with Gasteiger partial charge < -0.3 is 19.4 Å². The Labute approximate surface area is 301 Å². The van der Waals surface area contributed by atoms with E-state index in [4.69, 9.17) is 24.5 Å². The van der Waals surface area contributed by atoms with Crippen LogP contribution in [0.3, 0.4) is 0 Å². The van der Waals surface area contributed by atoms with Crippen molar-refractivity contribution in [2.75, 3.05) is 31.6 Å². The first kappa shape index (κ1) is 35.5. The Balaban J connectivity index is 1.31. The summed E-state index contributed by atoms with van der Waals surface area (Å²) in [5.74, 6) is 4.58. The first-order chi connectivity index (χ1) is 23.8. The predicted octanol–water partition coefficient (Wildman–Crippen LogP) is 9.40. The second-order valence-corrected chi connectivity index (χ2v) is 29.2. The fourth-order valence-electron chi connectivity index (χ4n) is 7.95. The fourth-order valence-corrected chi connectivity index (χ4v) is 9.46. The molecule has 0 aromatic carbocycles. The largest absolute Gasteiger partial charge is 0.361 e. The molecule has 0 saturated heterocycles. The van der Waals surface area contributed by atoms with E-state index in [-0.39, 0.29) is 0 Å². The molecule has 4 heterocycles. The lowest BCUT2D eigenvalue weighted by molar-refractivity contribution is 0.0940. The predicted molar refractivity (Wildman–Crippen MR) is 208 cm³/mol. The Bertz CT molecular complexity index is 1730. The number of aryl methyl sites for hydroxylation is 2. The standard InChI is InChI=1S/C39H59N7O2Si2/c1-26-27(2)43-37(42-26)34-14-13-31(22-40-34)33-23-41-46-38(33)44-36(32-20-28-9-10-29(19-28)21-32)35(30-11-12-30)39(46)45(24-47-15-17-49(3,4)5)25-48-16-18-50(6,7)8/h13-14,22-23,28-30,32H,9-12,15-21,24-25H2,1-8H3,(H,42,43)/t28-,29?,32?/m0/s1. The summed E-state index contributed by atoms with van der Waals surface area (Å²) in [7, 11) is -2.47. The van der Waals surface area contributed by atoms with E-state index in [9.17, 15) is 0 Å². The monoisotopic (exact) mass is 713 g/mol. The summed E-state index contributed by atoms with van der Waals surface area (Å²) in [5.41, 5.74) is 8.55. The maximum absolute atomic E-state index is 6.52. The number of rotatable bonds is 15. The summed E-state index contributed by atoms with van der Waals surface area (Å²) in [6.45, 7) is 21.1. The van der Waals surface area contributed by atoms with Crippen LogP contribution in [0.25, 0.3) is 28.3 Å². The summed E-state index contributed by atoms with van der Waals surface area (Å²) >= 11 is 0. The van der Waals surface area contributed by atoms with Crippen LogP contribution in [-0.4, -0.2) is 72.4 Å². The molecule has 9 nitrogen and oxygen atoms in total. The van der Waals surface area contributed by atoms with Crippen molar-refractivity contribution in [2.45, 2.75) is 122 Å². The highest BCUT2D eigenvalue weighted by atomic mass is 28.3. The van der Waals surface area contributed by atoms with Gasteiger partial charge in [0.1, 0.15) is 25.0 Å². The smallest absolute Gasteiger partial charge is 0.165 e. The van der Waals surface area contributed by atoms with Crippen molar-refractivity contribution in [1.82, 2.24) is 29.5 Å². The van der Waals surface area contributed by atoms with E-state index in [1.54, 1.807) is 0 Å². The van der Waals surface area contributed by atoms with Gasteiger partial charge in [0.25, 0.3) is 0 Å². The highest BCUT2D eigenvalue weighted by Crippen LogP contribution is 2.53. The minimum absolute atomic E-state index is 0.483. The van der Waals surface area contributed by atoms with E-state index >= 15 is 0 Å². The topological polar surface area (TPSA) is 93.5 Å². The average Bonchev–Trinajstić information content (AvgIpc) is 3.60. The molecule has 0 amide bonds. The summed E-state index contributed by atoms with van der Waals surface area (Å²) in [6, 6.07) is 6.47. The minimum Gasteiger partial charge on any atom is -0.361 e. The molecule has 4 aromatic rings. The zero-order valence-electron chi connectivity index (χ0n) is 31.8. The zero-order chi connectivity index (χ0) is 35.2. The van der Waals surface area contributed by atoms with Gasteiger partial charge in [0.15, 0.2) is 11.5 Å². The van der Waals surface area contributed by atoms with Gasteiger partial charge in [-0.3, -0.25) is 4.98 Å². The molecule has 7 rings (SSSR count). The highest BCUT2D eigenvalue weighted by molar-refractivity contribution is 6.76. The molecule has 1 N–H and O–H groups in total. The third-order valence-corrected chi connectivity index (χ3v) is 14.6.